The second kappa shape index (κ2) is 8.16. The van der Waals surface area contributed by atoms with Gasteiger partial charge in [0.15, 0.2) is 11.5 Å². The van der Waals surface area contributed by atoms with Gasteiger partial charge >= 0.3 is 0 Å². The highest BCUT2D eigenvalue weighted by Gasteiger charge is 2.35. The molecule has 3 heterocycles. The van der Waals surface area contributed by atoms with Crippen LogP contribution in [0, 0.1) is 0 Å². The SMILES string of the molecule is O=C(Nc1nnc(-c2ccc(Cl)cc2)s1)C1CCCN1C(=O)c1ccc2c(c1)OCO2. The lowest BCUT2D eigenvalue weighted by atomic mass is 10.1. The Balaban J connectivity index is 1.29. The molecular weight excluding hydrogens is 440 g/mol. The fourth-order valence-corrected chi connectivity index (χ4v) is 4.53. The lowest BCUT2D eigenvalue weighted by molar-refractivity contribution is -0.119. The molecule has 0 bridgehead atoms. The molecule has 3 aromatic rings. The number of benzene rings is 2. The summed E-state index contributed by atoms with van der Waals surface area (Å²) >= 11 is 7.19. The first-order valence-corrected chi connectivity index (χ1v) is 10.9. The van der Waals surface area contributed by atoms with Crippen molar-refractivity contribution in [2.24, 2.45) is 0 Å². The Morgan fingerprint density at radius 3 is 2.74 bits per heavy atom. The van der Waals surface area contributed by atoms with Crippen molar-refractivity contribution < 1.29 is 19.1 Å². The maximum absolute atomic E-state index is 13.0. The summed E-state index contributed by atoms with van der Waals surface area (Å²) in [5.74, 6) is 0.662. The third-order valence-electron chi connectivity index (χ3n) is 5.18. The first-order chi connectivity index (χ1) is 15.1. The van der Waals surface area contributed by atoms with Crippen LogP contribution in [0.15, 0.2) is 42.5 Å². The van der Waals surface area contributed by atoms with Crippen LogP contribution in [0.1, 0.15) is 23.2 Å². The van der Waals surface area contributed by atoms with Gasteiger partial charge in [-0.25, -0.2) is 0 Å². The highest BCUT2D eigenvalue weighted by atomic mass is 35.5. The molecule has 0 aliphatic carbocycles. The first kappa shape index (κ1) is 19.8. The van der Waals surface area contributed by atoms with Crippen molar-refractivity contribution in [3.63, 3.8) is 0 Å². The summed E-state index contributed by atoms with van der Waals surface area (Å²) < 4.78 is 10.7. The van der Waals surface area contributed by atoms with E-state index in [1.165, 1.54) is 11.3 Å². The molecule has 1 saturated heterocycles. The Kier molecular flexibility index (Phi) is 5.21. The number of amides is 2. The van der Waals surface area contributed by atoms with Gasteiger partial charge in [-0.3, -0.25) is 14.9 Å². The Hall–Kier alpha value is -3.17. The number of hydrogen-bond donors (Lipinski definition) is 1. The van der Waals surface area contributed by atoms with E-state index in [2.05, 4.69) is 15.5 Å². The Morgan fingerprint density at radius 1 is 1.10 bits per heavy atom. The van der Waals surface area contributed by atoms with Crippen LogP contribution in [0.5, 0.6) is 11.5 Å². The number of nitrogens with zero attached hydrogens (tertiary/aromatic N) is 3. The predicted octanol–water partition coefficient (Wildman–Crippen LogP) is 3.83. The van der Waals surface area contributed by atoms with Gasteiger partial charge in [0.25, 0.3) is 5.91 Å². The van der Waals surface area contributed by atoms with E-state index < -0.39 is 6.04 Å². The topological polar surface area (TPSA) is 93.7 Å². The average Bonchev–Trinajstić information content (AvgIpc) is 3.53. The van der Waals surface area contributed by atoms with Gasteiger partial charge in [-0.05, 0) is 43.2 Å². The summed E-state index contributed by atoms with van der Waals surface area (Å²) in [4.78, 5) is 27.5. The maximum Gasteiger partial charge on any atom is 0.254 e. The lowest BCUT2D eigenvalue weighted by Crippen LogP contribution is -2.43. The number of carbonyl (C=O) groups excluding carboxylic acids is 2. The van der Waals surface area contributed by atoms with E-state index >= 15 is 0 Å². The second-order valence-electron chi connectivity index (χ2n) is 7.13. The van der Waals surface area contributed by atoms with Crippen molar-refractivity contribution in [2.75, 3.05) is 18.7 Å². The molecule has 1 N–H and O–H groups in total. The number of aromatic nitrogens is 2. The molecule has 1 fully saturated rings. The third-order valence-corrected chi connectivity index (χ3v) is 6.32. The van der Waals surface area contributed by atoms with Crippen LogP contribution in [-0.2, 0) is 4.79 Å². The molecule has 2 aliphatic rings. The zero-order chi connectivity index (χ0) is 21.4. The minimum absolute atomic E-state index is 0.140. The minimum atomic E-state index is -0.569. The molecule has 1 atom stereocenters. The number of nitrogens with one attached hydrogen (secondary N) is 1. The van der Waals surface area contributed by atoms with Crippen molar-refractivity contribution in [1.29, 1.82) is 0 Å². The number of likely N-dealkylation sites (tertiary alicyclic amines) is 1. The van der Waals surface area contributed by atoms with Crippen molar-refractivity contribution in [3.8, 4) is 22.1 Å². The molecule has 1 aromatic heterocycles. The van der Waals surface area contributed by atoms with E-state index in [1.807, 2.05) is 12.1 Å². The number of anilines is 1. The minimum Gasteiger partial charge on any atom is -0.454 e. The molecule has 5 rings (SSSR count). The van der Waals surface area contributed by atoms with Crippen LogP contribution in [-0.4, -0.2) is 46.3 Å². The van der Waals surface area contributed by atoms with E-state index in [9.17, 15) is 9.59 Å². The fourth-order valence-electron chi connectivity index (χ4n) is 3.65. The number of fused-ring (bicyclic) bond motifs is 1. The molecule has 10 heteroatoms. The molecule has 1 unspecified atom stereocenters. The Morgan fingerprint density at radius 2 is 1.90 bits per heavy atom. The molecular formula is C21H17ClN4O4S. The van der Waals surface area contributed by atoms with E-state index in [0.717, 1.165) is 12.0 Å². The van der Waals surface area contributed by atoms with Crippen molar-refractivity contribution in [3.05, 3.63) is 53.1 Å². The summed E-state index contributed by atoms with van der Waals surface area (Å²) in [7, 11) is 0. The first-order valence-electron chi connectivity index (χ1n) is 9.69. The van der Waals surface area contributed by atoms with Gasteiger partial charge in [-0.1, -0.05) is 35.1 Å². The molecule has 8 nitrogen and oxygen atoms in total. The molecule has 2 aliphatic heterocycles. The molecule has 158 valence electrons. The Labute approximate surface area is 186 Å². The molecule has 0 saturated carbocycles. The van der Waals surface area contributed by atoms with E-state index in [-0.39, 0.29) is 18.6 Å². The van der Waals surface area contributed by atoms with Gasteiger partial charge in [0.1, 0.15) is 11.0 Å². The van der Waals surface area contributed by atoms with Gasteiger partial charge < -0.3 is 14.4 Å². The third kappa shape index (κ3) is 3.94. The highest BCUT2D eigenvalue weighted by molar-refractivity contribution is 7.18. The highest BCUT2D eigenvalue weighted by Crippen LogP contribution is 2.34. The van der Waals surface area contributed by atoms with Crippen molar-refractivity contribution in [2.45, 2.75) is 18.9 Å². The summed E-state index contributed by atoms with van der Waals surface area (Å²) in [6.45, 7) is 0.652. The van der Waals surface area contributed by atoms with Gasteiger partial charge in [-0.15, -0.1) is 10.2 Å². The lowest BCUT2D eigenvalue weighted by Gasteiger charge is -2.23. The number of halogens is 1. The van der Waals surface area contributed by atoms with Crippen LogP contribution >= 0.6 is 22.9 Å². The summed E-state index contributed by atoms with van der Waals surface area (Å²) in [6, 6.07) is 11.7. The van der Waals surface area contributed by atoms with Crippen LogP contribution in [0.2, 0.25) is 5.02 Å². The van der Waals surface area contributed by atoms with Crippen LogP contribution < -0.4 is 14.8 Å². The zero-order valence-corrected chi connectivity index (χ0v) is 17.8. The van der Waals surface area contributed by atoms with Crippen LogP contribution in [0.25, 0.3) is 10.6 Å². The van der Waals surface area contributed by atoms with Crippen molar-refractivity contribution >= 4 is 39.9 Å². The monoisotopic (exact) mass is 456 g/mol. The largest absolute Gasteiger partial charge is 0.454 e. The average molecular weight is 457 g/mol. The quantitative estimate of drug-likeness (QED) is 0.641. The van der Waals surface area contributed by atoms with E-state index in [0.29, 0.717) is 45.2 Å². The smallest absolute Gasteiger partial charge is 0.254 e. The van der Waals surface area contributed by atoms with Crippen LogP contribution in [0.3, 0.4) is 0 Å². The predicted molar refractivity (Wildman–Crippen MR) is 116 cm³/mol. The molecule has 0 spiro atoms. The van der Waals surface area contributed by atoms with Crippen molar-refractivity contribution in [1.82, 2.24) is 15.1 Å². The number of carbonyl (C=O) groups is 2. The summed E-state index contributed by atoms with van der Waals surface area (Å²) in [6.07, 6.45) is 1.34. The van der Waals surface area contributed by atoms with Gasteiger partial charge in [0.2, 0.25) is 17.8 Å². The molecule has 2 aromatic carbocycles. The number of rotatable bonds is 4. The van der Waals surface area contributed by atoms with Gasteiger partial charge in [-0.2, -0.15) is 0 Å². The molecule has 0 radical (unpaired) electrons. The van der Waals surface area contributed by atoms with Gasteiger partial charge in [0.05, 0.1) is 0 Å². The zero-order valence-electron chi connectivity index (χ0n) is 16.2. The van der Waals surface area contributed by atoms with E-state index in [1.54, 1.807) is 35.2 Å². The summed E-state index contributed by atoms with van der Waals surface area (Å²) in [5.41, 5.74) is 1.33. The van der Waals surface area contributed by atoms with Crippen LogP contribution in [0.4, 0.5) is 5.13 Å². The number of hydrogen-bond acceptors (Lipinski definition) is 7. The Bertz CT molecular complexity index is 1150. The fraction of sp³-hybridized carbons (Fsp3) is 0.238. The standard InChI is InChI=1S/C21H17ClN4O4S/c22-14-6-3-12(4-7-14)19-24-25-21(31-19)23-18(27)15-2-1-9-26(15)20(28)13-5-8-16-17(10-13)30-11-29-16/h3-8,10,15H,1-2,9,11H2,(H,23,25,27). The normalized spacial score (nSPS) is 17.1. The maximum atomic E-state index is 13.0. The van der Waals surface area contributed by atoms with E-state index in [4.69, 9.17) is 21.1 Å². The van der Waals surface area contributed by atoms with Gasteiger partial charge in [0, 0.05) is 22.7 Å². The number of ether oxygens (including phenoxy) is 2. The summed E-state index contributed by atoms with van der Waals surface area (Å²) in [5, 5.41) is 12.7. The second-order valence-corrected chi connectivity index (χ2v) is 8.55. The molecule has 31 heavy (non-hydrogen) atoms. The molecule has 2 amide bonds.